The van der Waals surface area contributed by atoms with Gasteiger partial charge in [-0.25, -0.2) is 9.78 Å². The Labute approximate surface area is 261 Å². The monoisotopic (exact) mass is 618 g/mol. The van der Waals surface area contributed by atoms with Gasteiger partial charge in [-0.3, -0.25) is 14.5 Å². The summed E-state index contributed by atoms with van der Waals surface area (Å²) in [5.74, 6) is -1.49. The van der Waals surface area contributed by atoms with Crippen molar-refractivity contribution in [1.82, 2.24) is 4.98 Å². The molecule has 1 fully saturated rings. The van der Waals surface area contributed by atoms with Crippen molar-refractivity contribution in [1.29, 1.82) is 0 Å². The molecular formula is C34H38N2O7S. The van der Waals surface area contributed by atoms with E-state index in [1.165, 1.54) is 11.0 Å². The molecule has 0 bridgehead atoms. The van der Waals surface area contributed by atoms with Crippen LogP contribution in [-0.2, 0) is 14.3 Å². The van der Waals surface area contributed by atoms with Gasteiger partial charge in [-0.15, -0.1) is 0 Å². The van der Waals surface area contributed by atoms with E-state index in [1.54, 1.807) is 55.5 Å². The molecule has 1 aliphatic rings. The molecule has 10 heteroatoms. The van der Waals surface area contributed by atoms with E-state index in [0.29, 0.717) is 41.5 Å². The first-order chi connectivity index (χ1) is 21.3. The van der Waals surface area contributed by atoms with Crippen LogP contribution in [0.5, 0.6) is 11.5 Å². The summed E-state index contributed by atoms with van der Waals surface area (Å²) in [6.45, 7) is 10.5. The average molecular weight is 619 g/mol. The fourth-order valence-corrected chi connectivity index (χ4v) is 5.72. The molecule has 3 aromatic rings. The second-order valence-corrected chi connectivity index (χ2v) is 11.3. The molecule has 44 heavy (non-hydrogen) atoms. The number of carbonyl (C=O) groups excluding carboxylic acids is 3. The zero-order chi connectivity index (χ0) is 31.6. The molecule has 2 aromatic carbocycles. The minimum absolute atomic E-state index is 0.0180. The third kappa shape index (κ3) is 7.37. The number of benzene rings is 2. The van der Waals surface area contributed by atoms with Gasteiger partial charge < -0.3 is 19.3 Å². The quantitative estimate of drug-likeness (QED) is 0.0476. The normalized spacial score (nSPS) is 15.8. The number of ketones is 1. The molecule has 1 aliphatic heterocycles. The molecule has 0 saturated carbocycles. The molecule has 1 amide bonds. The van der Waals surface area contributed by atoms with E-state index in [4.69, 9.17) is 14.2 Å². The van der Waals surface area contributed by atoms with Crippen LogP contribution in [0, 0.1) is 6.92 Å². The lowest BCUT2D eigenvalue weighted by Gasteiger charge is -2.23. The zero-order valence-corrected chi connectivity index (χ0v) is 26.2. The fraction of sp³-hybridized carbons (Fsp3) is 0.353. The zero-order valence-electron chi connectivity index (χ0n) is 25.3. The maximum atomic E-state index is 13.6. The largest absolute Gasteiger partial charge is 0.507 e. The number of aromatic nitrogens is 1. The lowest BCUT2D eigenvalue weighted by molar-refractivity contribution is -0.132. The summed E-state index contributed by atoms with van der Waals surface area (Å²) < 4.78 is 16.9. The highest BCUT2D eigenvalue weighted by Gasteiger charge is 2.48. The number of aliphatic hydroxyl groups is 1. The number of esters is 1. The van der Waals surface area contributed by atoms with E-state index >= 15 is 0 Å². The molecule has 0 aliphatic carbocycles. The van der Waals surface area contributed by atoms with Gasteiger partial charge in [-0.2, -0.15) is 0 Å². The Hall–Kier alpha value is -4.44. The van der Waals surface area contributed by atoms with Crippen molar-refractivity contribution >= 4 is 39.9 Å². The molecule has 1 unspecified atom stereocenters. The number of hydrogen-bond acceptors (Lipinski definition) is 9. The van der Waals surface area contributed by atoms with Gasteiger partial charge in [0.1, 0.15) is 28.7 Å². The van der Waals surface area contributed by atoms with Crippen LogP contribution in [-0.4, -0.2) is 47.6 Å². The molecule has 232 valence electrons. The van der Waals surface area contributed by atoms with Gasteiger partial charge in [-0.05, 0) is 49.6 Å². The number of anilines is 1. The number of Topliss-reactive ketones (excluding diaryl/α,β-unsaturated/α-hetero) is 1. The van der Waals surface area contributed by atoms with E-state index in [2.05, 4.69) is 25.4 Å². The predicted molar refractivity (Wildman–Crippen MR) is 170 cm³/mol. The predicted octanol–water partition coefficient (Wildman–Crippen LogP) is 7.17. The summed E-state index contributed by atoms with van der Waals surface area (Å²) in [7, 11) is 0. The maximum absolute atomic E-state index is 13.6. The van der Waals surface area contributed by atoms with Crippen molar-refractivity contribution < 1.29 is 33.7 Å². The summed E-state index contributed by atoms with van der Waals surface area (Å²) in [5, 5.41) is 11.7. The fourth-order valence-electron chi connectivity index (χ4n) is 4.73. The molecule has 4 rings (SSSR count). The van der Waals surface area contributed by atoms with Crippen molar-refractivity contribution in [3.63, 3.8) is 0 Å². The van der Waals surface area contributed by atoms with Crippen molar-refractivity contribution in [2.45, 2.75) is 58.9 Å². The van der Waals surface area contributed by atoms with E-state index in [9.17, 15) is 19.5 Å². The number of ether oxygens (including phenoxy) is 3. The molecule has 0 spiro atoms. The van der Waals surface area contributed by atoms with Crippen LogP contribution in [0.25, 0.3) is 5.76 Å². The number of amides is 1. The van der Waals surface area contributed by atoms with Crippen LogP contribution in [0.1, 0.15) is 78.5 Å². The SMILES string of the molecule is C=CCOC(=O)c1sc(N2C(=O)C(=O)/C(=C(/O)c3cccc(OCCCC)c3)C2c2ccc(OCCCCC)cc2)nc1C. The summed E-state index contributed by atoms with van der Waals surface area (Å²) in [4.78, 5) is 45.8. The van der Waals surface area contributed by atoms with Crippen LogP contribution < -0.4 is 14.4 Å². The molecule has 1 atom stereocenters. The second-order valence-electron chi connectivity index (χ2n) is 10.3. The lowest BCUT2D eigenvalue weighted by atomic mass is 9.95. The van der Waals surface area contributed by atoms with Crippen LogP contribution in [0.2, 0.25) is 0 Å². The number of aryl methyl sites for hydroxylation is 1. The lowest BCUT2D eigenvalue weighted by Crippen LogP contribution is -2.29. The highest BCUT2D eigenvalue weighted by Crippen LogP contribution is 2.44. The van der Waals surface area contributed by atoms with E-state index in [-0.39, 0.29) is 27.9 Å². The van der Waals surface area contributed by atoms with Gasteiger partial charge in [-0.1, -0.05) is 81.4 Å². The molecule has 2 heterocycles. The number of unbranched alkanes of at least 4 members (excludes halogenated alkanes) is 3. The topological polar surface area (TPSA) is 115 Å². The Morgan fingerprint density at radius 1 is 1.02 bits per heavy atom. The molecule has 1 saturated heterocycles. The van der Waals surface area contributed by atoms with Gasteiger partial charge in [0.25, 0.3) is 5.78 Å². The highest BCUT2D eigenvalue weighted by molar-refractivity contribution is 7.17. The first-order valence-corrected chi connectivity index (χ1v) is 15.6. The summed E-state index contributed by atoms with van der Waals surface area (Å²) >= 11 is 0.946. The third-order valence-electron chi connectivity index (χ3n) is 7.04. The molecular weight excluding hydrogens is 580 g/mol. The van der Waals surface area contributed by atoms with Gasteiger partial charge in [0.15, 0.2) is 5.13 Å². The average Bonchev–Trinajstić information content (AvgIpc) is 3.54. The van der Waals surface area contributed by atoms with Gasteiger partial charge >= 0.3 is 11.9 Å². The van der Waals surface area contributed by atoms with Crippen molar-refractivity contribution in [3.05, 3.63) is 88.5 Å². The van der Waals surface area contributed by atoms with Gasteiger partial charge in [0.2, 0.25) is 0 Å². The smallest absolute Gasteiger partial charge is 0.350 e. The van der Waals surface area contributed by atoms with Crippen LogP contribution >= 0.6 is 11.3 Å². The minimum Gasteiger partial charge on any atom is -0.507 e. The van der Waals surface area contributed by atoms with Crippen molar-refractivity contribution in [2.75, 3.05) is 24.7 Å². The standard InChI is InChI=1S/C34H38N2O7S/c1-5-8-10-20-41-25-16-14-23(15-17-25)28-27(29(37)24-12-11-13-26(21-24)42-19-9-6-2)30(38)32(39)36(28)34-35-22(4)31(44-34)33(40)43-18-7-3/h7,11-17,21,28,37H,3,5-6,8-10,18-20H2,1-2,4H3/b29-27+. The molecule has 1 aromatic heterocycles. The molecule has 0 radical (unpaired) electrons. The Bertz CT molecular complexity index is 1530. The second kappa shape index (κ2) is 15.3. The number of carbonyl (C=O) groups is 3. The van der Waals surface area contributed by atoms with E-state index < -0.39 is 23.7 Å². The Balaban J connectivity index is 1.78. The van der Waals surface area contributed by atoms with E-state index in [0.717, 1.165) is 43.4 Å². The van der Waals surface area contributed by atoms with Crippen molar-refractivity contribution in [3.8, 4) is 11.5 Å². The number of nitrogens with zero attached hydrogens (tertiary/aromatic N) is 2. The van der Waals surface area contributed by atoms with Gasteiger partial charge in [0, 0.05) is 5.56 Å². The first-order valence-electron chi connectivity index (χ1n) is 14.8. The van der Waals surface area contributed by atoms with Crippen LogP contribution in [0.15, 0.2) is 66.8 Å². The Morgan fingerprint density at radius 2 is 1.73 bits per heavy atom. The number of aliphatic hydroxyl groups excluding tert-OH is 1. The Kier molecular flexibility index (Phi) is 11.3. The summed E-state index contributed by atoms with van der Waals surface area (Å²) in [6, 6.07) is 12.8. The summed E-state index contributed by atoms with van der Waals surface area (Å²) in [6.07, 6.45) is 6.37. The molecule has 1 N–H and O–H groups in total. The maximum Gasteiger partial charge on any atom is 0.350 e. The third-order valence-corrected chi connectivity index (χ3v) is 8.18. The molecule has 9 nitrogen and oxygen atoms in total. The number of hydrogen-bond donors (Lipinski definition) is 1. The minimum atomic E-state index is -1.02. The highest BCUT2D eigenvalue weighted by atomic mass is 32.1. The first kappa shape index (κ1) is 32.5. The van der Waals surface area contributed by atoms with Crippen LogP contribution in [0.4, 0.5) is 5.13 Å². The van der Waals surface area contributed by atoms with Crippen LogP contribution in [0.3, 0.4) is 0 Å². The summed E-state index contributed by atoms with van der Waals surface area (Å²) in [5.41, 5.74) is 1.15. The van der Waals surface area contributed by atoms with Crippen molar-refractivity contribution in [2.24, 2.45) is 0 Å². The number of thiazole rings is 1. The van der Waals surface area contributed by atoms with E-state index in [1.807, 2.05) is 0 Å². The number of rotatable bonds is 15. The Morgan fingerprint density at radius 3 is 2.43 bits per heavy atom. The van der Waals surface area contributed by atoms with Gasteiger partial charge in [0.05, 0.1) is 30.5 Å².